The topological polar surface area (TPSA) is 89.6 Å². The van der Waals surface area contributed by atoms with E-state index in [1.54, 1.807) is 31.2 Å². The predicted octanol–water partition coefficient (Wildman–Crippen LogP) is 4.18. The molecule has 0 saturated carbocycles. The van der Waals surface area contributed by atoms with Gasteiger partial charge in [-0.05, 0) is 37.3 Å². The largest absolute Gasteiger partial charge is 0.462 e. The Morgan fingerprint density at radius 2 is 2.07 bits per heavy atom. The Labute approximate surface area is 171 Å². The normalized spacial score (nSPS) is 24.2. The molecule has 0 fully saturated rings. The number of ether oxygens (including phenoxy) is 1. The van der Waals surface area contributed by atoms with Crippen molar-refractivity contribution in [3.8, 4) is 0 Å². The van der Waals surface area contributed by atoms with Crippen molar-refractivity contribution in [2.75, 3.05) is 12.0 Å². The maximum Gasteiger partial charge on any atom is 0.283 e. The fourth-order valence-electron chi connectivity index (χ4n) is 3.17. The molecule has 2 heterocycles. The van der Waals surface area contributed by atoms with Gasteiger partial charge in [-0.1, -0.05) is 30.1 Å². The summed E-state index contributed by atoms with van der Waals surface area (Å²) in [6, 6.07) is 7.77. The van der Waals surface area contributed by atoms with Crippen LogP contribution in [0.3, 0.4) is 0 Å². The van der Waals surface area contributed by atoms with Crippen LogP contribution in [-0.2, 0) is 10.3 Å². The minimum atomic E-state index is -1.31. The molecule has 0 spiro atoms. The van der Waals surface area contributed by atoms with Crippen molar-refractivity contribution < 1.29 is 13.9 Å². The number of pyridine rings is 1. The van der Waals surface area contributed by atoms with Crippen LogP contribution in [0.25, 0.3) is 0 Å². The molecule has 1 aromatic carbocycles. The minimum Gasteiger partial charge on any atom is -0.462 e. The summed E-state index contributed by atoms with van der Waals surface area (Å²) in [4.78, 5) is 20.7. The molecule has 3 N–H and O–H groups in total. The summed E-state index contributed by atoms with van der Waals surface area (Å²) in [5, 5.41) is 3.47. The van der Waals surface area contributed by atoms with Crippen molar-refractivity contribution in [2.24, 2.45) is 16.6 Å². The predicted molar refractivity (Wildman–Crippen MR) is 108 cm³/mol. The first-order chi connectivity index (χ1) is 13.3. The molecule has 1 aromatic heterocycles. The Kier molecular flexibility index (Phi) is 5.76. The number of aliphatic imine (C=N–C) groups is 1. The van der Waals surface area contributed by atoms with Gasteiger partial charge in [0, 0.05) is 28.4 Å². The highest BCUT2D eigenvalue weighted by Gasteiger charge is 2.46. The van der Waals surface area contributed by atoms with Gasteiger partial charge >= 0.3 is 0 Å². The number of aromatic nitrogens is 1. The molecule has 148 valence electrons. The molecular formula is C19H19Cl2FN4O2. The van der Waals surface area contributed by atoms with E-state index >= 15 is 0 Å². The number of nitrogens with one attached hydrogen (secondary N) is 1. The van der Waals surface area contributed by atoms with Crippen LogP contribution in [0.15, 0.2) is 41.5 Å². The third kappa shape index (κ3) is 3.77. The lowest BCUT2D eigenvalue weighted by Crippen LogP contribution is -2.48. The van der Waals surface area contributed by atoms with Crippen molar-refractivity contribution in [2.45, 2.75) is 25.5 Å². The minimum absolute atomic E-state index is 0.0980. The molecule has 0 bridgehead atoms. The number of hydrogen-bond acceptors (Lipinski definition) is 5. The molecule has 3 atom stereocenters. The first-order valence-corrected chi connectivity index (χ1v) is 9.33. The van der Waals surface area contributed by atoms with Gasteiger partial charge in [-0.25, -0.2) is 14.4 Å². The van der Waals surface area contributed by atoms with E-state index in [0.29, 0.717) is 21.3 Å². The molecule has 1 aliphatic heterocycles. The van der Waals surface area contributed by atoms with Crippen molar-refractivity contribution >= 4 is 40.8 Å². The summed E-state index contributed by atoms with van der Waals surface area (Å²) in [6.07, 6.45) is 1.02. The summed E-state index contributed by atoms with van der Waals surface area (Å²) in [7, 11) is 0. The van der Waals surface area contributed by atoms with E-state index in [4.69, 9.17) is 33.7 Å². The second-order valence-corrected chi connectivity index (χ2v) is 7.47. The number of benzene rings is 1. The molecule has 1 amide bonds. The van der Waals surface area contributed by atoms with Crippen LogP contribution in [0.2, 0.25) is 10.0 Å². The second-order valence-electron chi connectivity index (χ2n) is 6.63. The zero-order valence-corrected chi connectivity index (χ0v) is 16.8. The highest BCUT2D eigenvalue weighted by atomic mass is 35.5. The lowest BCUT2D eigenvalue weighted by molar-refractivity contribution is 0.0511. The Morgan fingerprint density at radius 1 is 1.32 bits per heavy atom. The van der Waals surface area contributed by atoms with Gasteiger partial charge in [-0.15, -0.1) is 0 Å². The number of carbonyl (C=O) groups excluding carboxylic acids is 1. The number of amides is 1. The molecule has 2 aromatic rings. The summed E-state index contributed by atoms with van der Waals surface area (Å²) < 4.78 is 19.7. The van der Waals surface area contributed by atoms with Crippen LogP contribution in [0.4, 0.5) is 10.1 Å². The zero-order chi connectivity index (χ0) is 20.5. The molecule has 0 saturated heterocycles. The number of amidine groups is 1. The van der Waals surface area contributed by atoms with Crippen molar-refractivity contribution in [1.29, 1.82) is 0 Å². The Balaban J connectivity index is 1.98. The molecule has 1 unspecified atom stereocenters. The van der Waals surface area contributed by atoms with Gasteiger partial charge in [-0.2, -0.15) is 0 Å². The van der Waals surface area contributed by atoms with E-state index in [2.05, 4.69) is 15.3 Å². The van der Waals surface area contributed by atoms with Crippen molar-refractivity contribution in [3.63, 3.8) is 0 Å². The first kappa shape index (κ1) is 20.4. The smallest absolute Gasteiger partial charge is 0.283 e. The van der Waals surface area contributed by atoms with Crippen LogP contribution in [0.5, 0.6) is 0 Å². The van der Waals surface area contributed by atoms with Gasteiger partial charge < -0.3 is 15.8 Å². The van der Waals surface area contributed by atoms with Crippen LogP contribution in [0.1, 0.15) is 29.9 Å². The molecule has 9 heteroatoms. The summed E-state index contributed by atoms with van der Waals surface area (Å²) in [5.74, 6) is -0.776. The zero-order valence-electron chi connectivity index (χ0n) is 15.2. The summed E-state index contributed by atoms with van der Waals surface area (Å²) in [5.41, 5.74) is 5.49. The lowest BCUT2D eigenvalue weighted by Gasteiger charge is -2.41. The van der Waals surface area contributed by atoms with Gasteiger partial charge in [0.25, 0.3) is 11.9 Å². The van der Waals surface area contributed by atoms with Crippen LogP contribution < -0.4 is 11.1 Å². The molecule has 0 aliphatic carbocycles. The van der Waals surface area contributed by atoms with Gasteiger partial charge in [0.1, 0.15) is 24.0 Å². The average Bonchev–Trinajstić information content (AvgIpc) is 2.67. The maximum absolute atomic E-state index is 14.3. The van der Waals surface area contributed by atoms with E-state index in [9.17, 15) is 9.18 Å². The number of nitrogens with zero attached hydrogens (tertiary/aromatic N) is 2. The van der Waals surface area contributed by atoms with Crippen molar-refractivity contribution in [3.05, 3.63) is 57.8 Å². The number of alkyl halides is 1. The first-order valence-electron chi connectivity index (χ1n) is 8.57. The number of anilines is 1. The third-order valence-corrected chi connectivity index (χ3v) is 5.48. The molecule has 3 rings (SSSR count). The third-order valence-electron chi connectivity index (χ3n) is 4.93. The van der Waals surface area contributed by atoms with Gasteiger partial charge in [0.2, 0.25) is 0 Å². The van der Waals surface area contributed by atoms with E-state index in [1.165, 1.54) is 12.3 Å². The highest BCUT2D eigenvalue weighted by molar-refractivity contribution is 6.31. The number of halogens is 3. The quantitative estimate of drug-likeness (QED) is 0.770. The Hall–Kier alpha value is -2.38. The highest BCUT2D eigenvalue weighted by Crippen LogP contribution is 2.43. The summed E-state index contributed by atoms with van der Waals surface area (Å²) in [6.45, 7) is 2.79. The SMILES string of the molecule is CC1OC(N)=N[C@@](CF)(c2cc(NC(=O)c3ccc(Cl)cn3)ccc2Cl)[C@@H]1C. The Bertz CT molecular complexity index is 923. The van der Waals surface area contributed by atoms with Crippen LogP contribution in [-0.4, -0.2) is 29.7 Å². The van der Waals surface area contributed by atoms with Crippen LogP contribution >= 0.6 is 23.2 Å². The molecule has 6 nitrogen and oxygen atoms in total. The van der Waals surface area contributed by atoms with Gasteiger partial charge in [-0.3, -0.25) is 4.79 Å². The summed E-state index contributed by atoms with van der Waals surface area (Å²) >= 11 is 12.2. The standard InChI is InChI=1S/C19H19Cl2FN4O2/c1-10-11(2)28-18(23)26-19(10,9-22)14-7-13(4-5-15(14)21)25-17(27)16-6-3-12(20)8-24-16/h3-8,10-11H,9H2,1-2H3,(H2,23,26)(H,25,27)/t10-,11?,19-/m1/s1. The van der Waals surface area contributed by atoms with Gasteiger partial charge in [0.15, 0.2) is 0 Å². The molecule has 0 radical (unpaired) electrons. The molecular weight excluding hydrogens is 406 g/mol. The van der Waals surface area contributed by atoms with Gasteiger partial charge in [0.05, 0.1) is 5.02 Å². The second kappa shape index (κ2) is 7.93. The molecule has 28 heavy (non-hydrogen) atoms. The van der Waals surface area contributed by atoms with Crippen LogP contribution in [0, 0.1) is 5.92 Å². The Morgan fingerprint density at radius 3 is 2.71 bits per heavy atom. The number of rotatable bonds is 4. The van der Waals surface area contributed by atoms with E-state index in [0.717, 1.165) is 0 Å². The fraction of sp³-hybridized carbons (Fsp3) is 0.316. The fourth-order valence-corrected chi connectivity index (χ4v) is 3.57. The molecule has 1 aliphatic rings. The monoisotopic (exact) mass is 424 g/mol. The van der Waals surface area contributed by atoms with E-state index < -0.39 is 18.1 Å². The number of carbonyl (C=O) groups is 1. The number of nitrogens with two attached hydrogens (primary N) is 1. The van der Waals surface area contributed by atoms with Crippen molar-refractivity contribution in [1.82, 2.24) is 4.98 Å². The lowest BCUT2D eigenvalue weighted by atomic mass is 9.77. The van der Waals surface area contributed by atoms with E-state index in [1.807, 2.05) is 6.92 Å². The van der Waals surface area contributed by atoms with E-state index in [-0.39, 0.29) is 23.7 Å². The average molecular weight is 425 g/mol. The maximum atomic E-state index is 14.3. The number of hydrogen-bond donors (Lipinski definition) is 2.